The smallest absolute Gasteiger partial charge is 0.140 e. The summed E-state index contributed by atoms with van der Waals surface area (Å²) < 4.78 is 0. The molecule has 14 heteroatoms. The van der Waals surface area contributed by atoms with Crippen molar-refractivity contribution in [3.8, 4) is 0 Å². The molecular formula is CH24Ce2O12. The Balaban J connectivity index is -0.000000000303. The zero-order valence-electron chi connectivity index (χ0n) is 7.60. The Morgan fingerprint density at radius 1 is 0.400 bits per heavy atom. The van der Waals surface area contributed by atoms with Gasteiger partial charge in [0.2, 0.25) is 0 Å². The van der Waals surface area contributed by atoms with Gasteiger partial charge < -0.3 is 65.0 Å². The molecule has 0 radical (unpaired) electrons. The summed E-state index contributed by atoms with van der Waals surface area (Å²) in [6, 6.07) is 0. The Kier molecular flexibility index (Phi) is 5920. The fourth-order valence-electron chi connectivity index (χ4n) is 0. The summed E-state index contributed by atoms with van der Waals surface area (Å²) in [7, 11) is 0. The van der Waals surface area contributed by atoms with Gasteiger partial charge in [-0.1, -0.05) is 0 Å². The van der Waals surface area contributed by atoms with Crippen LogP contribution in [0.2, 0.25) is 0 Å². The first-order valence-corrected chi connectivity index (χ1v) is 0.632. The van der Waals surface area contributed by atoms with E-state index in [0.29, 0.717) is 0 Å². The van der Waals surface area contributed by atoms with E-state index in [0.717, 1.165) is 0 Å². The Bertz CT molecular complexity index is 13.6. The van der Waals surface area contributed by atoms with Crippen molar-refractivity contribution in [2.45, 2.75) is 0 Å². The topological polar surface area (TPSA) is 355 Å². The number of aliphatic hydroxyl groups excluding tert-OH is 1. The first kappa shape index (κ1) is 250. The van der Waals surface area contributed by atoms with Gasteiger partial charge in [-0.3, -0.25) is 0 Å². The van der Waals surface area contributed by atoms with Crippen molar-refractivity contribution >= 4 is 0 Å². The van der Waals surface area contributed by atoms with E-state index in [4.69, 9.17) is 10.2 Å². The second kappa shape index (κ2) is 354. The van der Waals surface area contributed by atoms with Crippen LogP contribution in [-0.2, 0) is 0 Å². The van der Waals surface area contributed by atoms with Crippen molar-refractivity contribution < 1.29 is 148 Å². The second-order valence-electron chi connectivity index (χ2n) is 0.141. The minimum absolute atomic E-state index is 0. The van der Waals surface area contributed by atoms with Crippen molar-refractivity contribution in [1.29, 1.82) is 0 Å². The van der Waals surface area contributed by atoms with Gasteiger partial charge in [-0.25, -0.2) is 0 Å². The number of rotatable bonds is 0. The van der Waals surface area contributed by atoms with Crippen LogP contribution in [0.5, 0.6) is 0 Å². The average Bonchev–Trinajstić information content (AvgIpc) is 0.918. The molecule has 0 amide bonds. The standard InChI is InChI=1S/CH4O2.2Ce.10H2O/c2-1-3;;;;;;;;;;;;/h2-3H,1H2;;;10*1H2. The van der Waals surface area contributed by atoms with Gasteiger partial charge in [0.05, 0.1) is 0 Å². The van der Waals surface area contributed by atoms with Crippen molar-refractivity contribution in [2.24, 2.45) is 0 Å². The van der Waals surface area contributed by atoms with E-state index in [1.165, 1.54) is 0 Å². The van der Waals surface area contributed by atoms with Gasteiger partial charge in [0.25, 0.3) is 0 Å². The minimum Gasteiger partial charge on any atom is -0.412 e. The Hall–Kier alpha value is 2.27. The summed E-state index contributed by atoms with van der Waals surface area (Å²) in [6.45, 7) is -0.750. The molecule has 0 fully saturated rings. The fourth-order valence-corrected chi connectivity index (χ4v) is 0. The molecule has 0 aromatic rings. The largest absolute Gasteiger partial charge is 0.412 e. The zero-order valence-corrected chi connectivity index (χ0v) is 13.9. The van der Waals surface area contributed by atoms with E-state index in [1.807, 2.05) is 0 Å². The predicted octanol–water partition coefficient (Wildman–Crippen LogP) is -9.32. The summed E-state index contributed by atoms with van der Waals surface area (Å²) in [5.41, 5.74) is 0. The van der Waals surface area contributed by atoms with E-state index in [9.17, 15) is 0 Å². The minimum atomic E-state index is -0.750. The molecule has 0 unspecified atom stereocenters. The van der Waals surface area contributed by atoms with Gasteiger partial charge >= 0.3 is 0 Å². The first-order chi connectivity index (χ1) is 1.41. The van der Waals surface area contributed by atoms with Crippen molar-refractivity contribution in [3.05, 3.63) is 0 Å². The molecule has 0 spiro atoms. The molecule has 0 bridgehead atoms. The molecular weight excluding hydrogens is 484 g/mol. The third kappa shape index (κ3) is 642. The van der Waals surface area contributed by atoms with E-state index in [1.54, 1.807) is 0 Å². The first-order valence-electron chi connectivity index (χ1n) is 0.632. The van der Waals surface area contributed by atoms with Gasteiger partial charge in [-0.15, -0.1) is 0 Å². The van der Waals surface area contributed by atoms with Crippen LogP contribution in [0.3, 0.4) is 0 Å². The van der Waals surface area contributed by atoms with Crippen LogP contribution in [0.25, 0.3) is 0 Å². The van der Waals surface area contributed by atoms with Crippen LogP contribution in [-0.4, -0.2) is 71.8 Å². The molecule has 0 aromatic carbocycles. The van der Waals surface area contributed by atoms with Gasteiger partial charge in [-0.05, 0) is 0 Å². The summed E-state index contributed by atoms with van der Waals surface area (Å²) in [5, 5.41) is 14.2. The summed E-state index contributed by atoms with van der Waals surface area (Å²) in [6.07, 6.45) is 0. The molecule has 0 rings (SSSR count). The van der Waals surface area contributed by atoms with Gasteiger partial charge in [0.15, 0.2) is 0 Å². The molecule has 0 saturated carbocycles. The van der Waals surface area contributed by atoms with E-state index < -0.39 is 6.79 Å². The maximum Gasteiger partial charge on any atom is 0.140 e. The predicted molar refractivity (Wildman–Crippen MR) is 45.4 cm³/mol. The second-order valence-corrected chi connectivity index (χ2v) is 0.141. The van der Waals surface area contributed by atoms with Crippen LogP contribution in [0, 0.1) is 83.5 Å². The molecule has 0 saturated heterocycles. The molecule has 0 aromatic heterocycles. The van der Waals surface area contributed by atoms with E-state index >= 15 is 0 Å². The average molecular weight is 508 g/mol. The Morgan fingerprint density at radius 3 is 0.400 bits per heavy atom. The van der Waals surface area contributed by atoms with Gasteiger partial charge in [0, 0.05) is 83.5 Å². The van der Waals surface area contributed by atoms with E-state index in [-0.39, 0.29) is 138 Å². The van der Waals surface area contributed by atoms with Crippen molar-refractivity contribution in [3.63, 3.8) is 0 Å². The third-order valence-corrected chi connectivity index (χ3v) is 0. The molecule has 0 aliphatic carbocycles. The summed E-state index contributed by atoms with van der Waals surface area (Å²) in [4.78, 5) is 0. The maximum absolute atomic E-state index is 7.12. The molecule has 108 valence electrons. The molecule has 0 atom stereocenters. The van der Waals surface area contributed by atoms with Crippen LogP contribution in [0.15, 0.2) is 0 Å². The molecule has 0 aliphatic heterocycles. The third-order valence-electron chi connectivity index (χ3n) is 0. The van der Waals surface area contributed by atoms with Gasteiger partial charge in [-0.2, -0.15) is 0 Å². The summed E-state index contributed by atoms with van der Waals surface area (Å²) in [5.74, 6) is 0. The van der Waals surface area contributed by atoms with Crippen molar-refractivity contribution in [1.82, 2.24) is 0 Å². The molecule has 0 aliphatic rings. The molecule has 0 heterocycles. The molecule has 15 heavy (non-hydrogen) atoms. The van der Waals surface area contributed by atoms with Gasteiger partial charge in [0.1, 0.15) is 6.79 Å². The summed E-state index contributed by atoms with van der Waals surface area (Å²) >= 11 is 0. The molecule has 22 N–H and O–H groups in total. The maximum atomic E-state index is 7.12. The number of hydrogen-bond donors (Lipinski definition) is 2. The SMILES string of the molecule is O.O.O.O.O.O.O.O.O.O.OCO.[Ce].[Ce]. The quantitative estimate of drug-likeness (QED) is 0.301. The fraction of sp³-hybridized carbons (Fsp3) is 1.00. The number of hydrogen-bond acceptors (Lipinski definition) is 2. The van der Waals surface area contributed by atoms with Crippen LogP contribution < -0.4 is 0 Å². The van der Waals surface area contributed by atoms with Crippen LogP contribution >= 0.6 is 0 Å². The van der Waals surface area contributed by atoms with Crippen molar-refractivity contribution in [2.75, 3.05) is 6.79 Å². The Morgan fingerprint density at radius 2 is 0.400 bits per heavy atom. The van der Waals surface area contributed by atoms with Crippen LogP contribution in [0.1, 0.15) is 0 Å². The monoisotopic (exact) mass is 508 g/mol. The van der Waals surface area contributed by atoms with Crippen LogP contribution in [0.4, 0.5) is 0 Å². The number of aliphatic hydroxyl groups is 2. The molecule has 12 nitrogen and oxygen atoms in total. The Labute approximate surface area is 153 Å². The van der Waals surface area contributed by atoms with E-state index in [2.05, 4.69) is 0 Å². The zero-order chi connectivity index (χ0) is 2.71. The normalized spacial score (nSPS) is 1.20.